The van der Waals surface area contributed by atoms with E-state index in [-0.39, 0.29) is 12.5 Å². The lowest BCUT2D eigenvalue weighted by atomic mass is 10.1. The van der Waals surface area contributed by atoms with Crippen molar-refractivity contribution in [1.29, 1.82) is 0 Å². The molecule has 0 saturated carbocycles. The first kappa shape index (κ1) is 18.5. The second-order valence-corrected chi connectivity index (χ2v) is 7.19. The number of carbonyl (C=O) groups is 1. The van der Waals surface area contributed by atoms with Gasteiger partial charge in [0.15, 0.2) is 6.61 Å². The van der Waals surface area contributed by atoms with Crippen LogP contribution in [0.1, 0.15) is 35.1 Å². The average Bonchev–Trinajstić information content (AvgIpc) is 3.11. The smallest absolute Gasteiger partial charge is 0.258 e. The van der Waals surface area contributed by atoms with E-state index in [1.165, 1.54) is 31.5 Å². The average molecular weight is 352 g/mol. The number of benzene rings is 2. The van der Waals surface area contributed by atoms with Crippen LogP contribution in [0.3, 0.4) is 0 Å². The molecule has 0 spiro atoms. The number of rotatable bonds is 7. The second-order valence-electron chi connectivity index (χ2n) is 7.19. The summed E-state index contributed by atoms with van der Waals surface area (Å²) in [6.07, 6.45) is 2.63. The van der Waals surface area contributed by atoms with Gasteiger partial charge < -0.3 is 10.1 Å². The van der Waals surface area contributed by atoms with E-state index in [2.05, 4.69) is 40.5 Å². The maximum Gasteiger partial charge on any atom is 0.258 e. The zero-order valence-electron chi connectivity index (χ0n) is 15.8. The van der Waals surface area contributed by atoms with Gasteiger partial charge in [-0.15, -0.1) is 0 Å². The van der Waals surface area contributed by atoms with E-state index in [1.807, 2.05) is 26.0 Å². The highest BCUT2D eigenvalue weighted by atomic mass is 16.5. The lowest BCUT2D eigenvalue weighted by molar-refractivity contribution is -0.123. The van der Waals surface area contributed by atoms with Crippen molar-refractivity contribution in [2.45, 2.75) is 39.8 Å². The molecule has 4 nitrogen and oxygen atoms in total. The summed E-state index contributed by atoms with van der Waals surface area (Å²) < 4.78 is 5.59. The van der Waals surface area contributed by atoms with Crippen LogP contribution >= 0.6 is 0 Å². The Balaban J connectivity index is 1.42. The van der Waals surface area contributed by atoms with Crippen molar-refractivity contribution in [3.63, 3.8) is 0 Å². The molecule has 0 aliphatic carbocycles. The van der Waals surface area contributed by atoms with E-state index in [0.717, 1.165) is 29.0 Å². The van der Waals surface area contributed by atoms with Crippen LogP contribution in [0, 0.1) is 13.8 Å². The van der Waals surface area contributed by atoms with E-state index in [9.17, 15) is 4.79 Å². The first-order chi connectivity index (χ1) is 12.6. The van der Waals surface area contributed by atoms with Crippen molar-refractivity contribution >= 4 is 5.91 Å². The third-order valence-corrected chi connectivity index (χ3v) is 4.68. The predicted molar refractivity (Wildman–Crippen MR) is 104 cm³/mol. The molecule has 1 aliphatic heterocycles. The van der Waals surface area contributed by atoms with Gasteiger partial charge in [-0.25, -0.2) is 0 Å². The van der Waals surface area contributed by atoms with Crippen molar-refractivity contribution < 1.29 is 9.53 Å². The lowest BCUT2D eigenvalue weighted by Crippen LogP contribution is -2.28. The summed E-state index contributed by atoms with van der Waals surface area (Å²) in [5.74, 6) is 0.634. The van der Waals surface area contributed by atoms with E-state index in [1.54, 1.807) is 0 Å². The molecule has 1 fully saturated rings. The van der Waals surface area contributed by atoms with E-state index in [4.69, 9.17) is 4.74 Å². The van der Waals surface area contributed by atoms with Crippen molar-refractivity contribution in [1.82, 2.24) is 10.2 Å². The largest absolute Gasteiger partial charge is 0.484 e. The molecule has 4 heteroatoms. The fourth-order valence-corrected chi connectivity index (χ4v) is 3.38. The number of carbonyl (C=O) groups excluding carboxylic acids is 1. The SMILES string of the molecule is Cc1cc(C)cc(OCC(=O)NCc2ccc(CN3CCCC3)cc2)c1. The first-order valence-corrected chi connectivity index (χ1v) is 9.36. The van der Waals surface area contributed by atoms with Crippen molar-refractivity contribution in [3.05, 3.63) is 64.7 Å². The molecule has 0 aromatic heterocycles. The van der Waals surface area contributed by atoms with Crippen LogP contribution in [0.5, 0.6) is 5.75 Å². The molecular formula is C22H28N2O2. The Bertz CT molecular complexity index is 714. The number of hydrogen-bond donors (Lipinski definition) is 1. The minimum absolute atomic E-state index is 0.0376. The number of hydrogen-bond acceptors (Lipinski definition) is 3. The molecule has 1 aliphatic rings. The minimum Gasteiger partial charge on any atom is -0.484 e. The Labute approximate surface area is 156 Å². The first-order valence-electron chi connectivity index (χ1n) is 9.36. The van der Waals surface area contributed by atoms with Crippen LogP contribution in [0.2, 0.25) is 0 Å². The third kappa shape index (κ3) is 5.60. The lowest BCUT2D eigenvalue weighted by Gasteiger charge is -2.14. The van der Waals surface area contributed by atoms with Crippen LogP contribution in [-0.4, -0.2) is 30.5 Å². The van der Waals surface area contributed by atoms with E-state index < -0.39 is 0 Å². The highest BCUT2D eigenvalue weighted by Crippen LogP contribution is 2.16. The molecule has 0 unspecified atom stereocenters. The van der Waals surface area contributed by atoms with Crippen LogP contribution in [0.25, 0.3) is 0 Å². The van der Waals surface area contributed by atoms with Gasteiger partial charge in [0, 0.05) is 13.1 Å². The maximum atomic E-state index is 12.0. The van der Waals surface area contributed by atoms with Crippen LogP contribution in [0.15, 0.2) is 42.5 Å². The van der Waals surface area contributed by atoms with Gasteiger partial charge in [-0.2, -0.15) is 0 Å². The Morgan fingerprint density at radius 1 is 1.00 bits per heavy atom. The summed E-state index contributed by atoms with van der Waals surface area (Å²) >= 11 is 0. The van der Waals surface area contributed by atoms with E-state index >= 15 is 0 Å². The number of nitrogens with one attached hydrogen (secondary N) is 1. The molecule has 26 heavy (non-hydrogen) atoms. The minimum atomic E-state index is -0.106. The number of aryl methyl sites for hydroxylation is 2. The predicted octanol–water partition coefficient (Wildman–Crippen LogP) is 3.59. The fraction of sp³-hybridized carbons (Fsp3) is 0.409. The summed E-state index contributed by atoms with van der Waals surface area (Å²) in [6, 6.07) is 14.5. The number of ether oxygens (including phenoxy) is 1. The van der Waals surface area contributed by atoms with Gasteiger partial charge in [0.2, 0.25) is 0 Å². The van der Waals surface area contributed by atoms with Gasteiger partial charge in [0.05, 0.1) is 0 Å². The Hall–Kier alpha value is -2.33. The van der Waals surface area contributed by atoms with Crippen molar-refractivity contribution in [2.24, 2.45) is 0 Å². The third-order valence-electron chi connectivity index (χ3n) is 4.68. The molecule has 0 radical (unpaired) electrons. The molecule has 1 amide bonds. The summed E-state index contributed by atoms with van der Waals surface area (Å²) in [6.45, 7) is 8.04. The Morgan fingerprint density at radius 3 is 2.27 bits per heavy atom. The Kier molecular flexibility index (Phi) is 6.29. The molecule has 0 bridgehead atoms. The molecule has 1 heterocycles. The number of amides is 1. The van der Waals surface area contributed by atoms with Gasteiger partial charge in [-0.05, 0) is 74.2 Å². The maximum absolute atomic E-state index is 12.0. The number of likely N-dealkylation sites (tertiary alicyclic amines) is 1. The Morgan fingerprint density at radius 2 is 1.62 bits per heavy atom. The molecule has 1 saturated heterocycles. The monoisotopic (exact) mass is 352 g/mol. The molecule has 3 rings (SSSR count). The van der Waals surface area contributed by atoms with Crippen LogP contribution in [-0.2, 0) is 17.9 Å². The van der Waals surface area contributed by atoms with Crippen LogP contribution in [0.4, 0.5) is 0 Å². The van der Waals surface area contributed by atoms with Crippen molar-refractivity contribution in [3.8, 4) is 5.75 Å². The zero-order chi connectivity index (χ0) is 18.4. The topological polar surface area (TPSA) is 41.6 Å². The normalized spacial score (nSPS) is 14.4. The van der Waals surface area contributed by atoms with Gasteiger partial charge in [-0.3, -0.25) is 9.69 Å². The summed E-state index contributed by atoms with van der Waals surface area (Å²) in [4.78, 5) is 14.5. The second kappa shape index (κ2) is 8.86. The molecular weight excluding hydrogens is 324 g/mol. The zero-order valence-corrected chi connectivity index (χ0v) is 15.8. The molecule has 0 atom stereocenters. The molecule has 2 aromatic carbocycles. The summed E-state index contributed by atoms with van der Waals surface area (Å²) in [5, 5.41) is 2.92. The standard InChI is InChI=1S/C22H28N2O2/c1-17-11-18(2)13-21(12-17)26-16-22(25)23-14-19-5-7-20(8-6-19)15-24-9-3-4-10-24/h5-8,11-13H,3-4,9-10,14-16H2,1-2H3,(H,23,25). The van der Waals surface area contributed by atoms with Gasteiger partial charge in [0.1, 0.15) is 5.75 Å². The highest BCUT2D eigenvalue weighted by molar-refractivity contribution is 5.77. The van der Waals surface area contributed by atoms with Gasteiger partial charge >= 0.3 is 0 Å². The van der Waals surface area contributed by atoms with E-state index in [0.29, 0.717) is 6.54 Å². The molecule has 138 valence electrons. The van der Waals surface area contributed by atoms with Gasteiger partial charge in [0.25, 0.3) is 5.91 Å². The highest BCUT2D eigenvalue weighted by Gasteiger charge is 2.11. The number of nitrogens with zero attached hydrogens (tertiary/aromatic N) is 1. The molecule has 2 aromatic rings. The summed E-state index contributed by atoms with van der Waals surface area (Å²) in [5.41, 5.74) is 4.71. The van der Waals surface area contributed by atoms with Gasteiger partial charge in [-0.1, -0.05) is 30.3 Å². The van der Waals surface area contributed by atoms with Crippen molar-refractivity contribution in [2.75, 3.05) is 19.7 Å². The summed E-state index contributed by atoms with van der Waals surface area (Å²) in [7, 11) is 0. The van der Waals surface area contributed by atoms with Crippen LogP contribution < -0.4 is 10.1 Å². The quantitative estimate of drug-likeness (QED) is 0.828. The molecule has 1 N–H and O–H groups in total. The fourth-order valence-electron chi connectivity index (χ4n) is 3.38.